The number of aromatic nitrogens is 1. The van der Waals surface area contributed by atoms with Crippen molar-refractivity contribution in [2.45, 2.75) is 18.2 Å². The zero-order valence-electron chi connectivity index (χ0n) is 17.3. The van der Waals surface area contributed by atoms with Crippen molar-refractivity contribution in [1.29, 1.82) is 0 Å². The van der Waals surface area contributed by atoms with Crippen LogP contribution in [-0.2, 0) is 20.9 Å². The molecule has 4 atom stereocenters. The molecule has 1 spiro atoms. The first-order valence-electron chi connectivity index (χ1n) is 10.1. The lowest BCUT2D eigenvalue weighted by atomic mass is 9.77. The standard InChI is InChI=1S/C23H23N3O5/c1-29-16-9-15(10-17(11-16)30-2)25-21(27)19-18-3-6-23(31-18)13-26(22(28)20(19)23)12-14-4-7-24-8-5-14/h3-11,18-20H,12-13H2,1-2H3,(H,25,27)/t18-,19-,20-,23-/m1/s1. The van der Waals surface area contributed by atoms with Gasteiger partial charge in [-0.1, -0.05) is 12.2 Å². The Labute approximate surface area is 179 Å². The zero-order chi connectivity index (χ0) is 21.6. The molecule has 3 aliphatic heterocycles. The fourth-order valence-electron chi connectivity index (χ4n) is 4.83. The fraction of sp³-hybridized carbons (Fsp3) is 0.348. The summed E-state index contributed by atoms with van der Waals surface area (Å²) in [5.41, 5.74) is 0.784. The summed E-state index contributed by atoms with van der Waals surface area (Å²) < 4.78 is 16.7. The van der Waals surface area contributed by atoms with Gasteiger partial charge in [0.15, 0.2) is 0 Å². The SMILES string of the molecule is COc1cc(NC(=O)[C@@H]2[C@H]3C=C[C@]4(CN(Cc5ccncc5)C(=O)[C@@H]24)O3)cc(OC)c1. The number of fused-ring (bicyclic) bond motifs is 1. The second kappa shape index (κ2) is 7.39. The fourth-order valence-corrected chi connectivity index (χ4v) is 4.83. The Morgan fingerprint density at radius 3 is 2.61 bits per heavy atom. The molecule has 160 valence electrons. The van der Waals surface area contributed by atoms with Gasteiger partial charge in [0.2, 0.25) is 11.8 Å². The molecule has 0 radical (unpaired) electrons. The zero-order valence-corrected chi connectivity index (χ0v) is 17.3. The van der Waals surface area contributed by atoms with E-state index in [1.807, 2.05) is 24.3 Å². The highest BCUT2D eigenvalue weighted by Gasteiger charge is 2.66. The van der Waals surface area contributed by atoms with Crippen LogP contribution in [0, 0.1) is 11.8 Å². The molecule has 0 saturated carbocycles. The molecule has 5 rings (SSSR count). The molecular weight excluding hydrogens is 398 g/mol. The number of hydrogen-bond acceptors (Lipinski definition) is 6. The average molecular weight is 421 g/mol. The summed E-state index contributed by atoms with van der Waals surface area (Å²) in [6, 6.07) is 8.92. The number of anilines is 1. The van der Waals surface area contributed by atoms with Gasteiger partial charge in [0, 0.05) is 42.8 Å². The normalized spacial score (nSPS) is 28.0. The van der Waals surface area contributed by atoms with E-state index in [0.29, 0.717) is 30.3 Å². The van der Waals surface area contributed by atoms with E-state index in [4.69, 9.17) is 14.2 Å². The Balaban J connectivity index is 1.38. The lowest BCUT2D eigenvalue weighted by Gasteiger charge is -2.23. The van der Waals surface area contributed by atoms with Gasteiger partial charge in [-0.25, -0.2) is 0 Å². The molecule has 8 heteroatoms. The molecular formula is C23H23N3O5. The van der Waals surface area contributed by atoms with E-state index in [-0.39, 0.29) is 11.8 Å². The Bertz CT molecular complexity index is 1030. The van der Waals surface area contributed by atoms with Crippen LogP contribution in [0.15, 0.2) is 54.9 Å². The Morgan fingerprint density at radius 1 is 1.23 bits per heavy atom. The number of carbonyl (C=O) groups is 2. The third-order valence-corrected chi connectivity index (χ3v) is 6.22. The topological polar surface area (TPSA) is 90.0 Å². The van der Waals surface area contributed by atoms with Crippen LogP contribution in [-0.4, -0.2) is 54.2 Å². The first-order chi connectivity index (χ1) is 15.0. The molecule has 1 aromatic heterocycles. The maximum Gasteiger partial charge on any atom is 0.231 e. The molecule has 0 unspecified atom stereocenters. The summed E-state index contributed by atoms with van der Waals surface area (Å²) in [5.74, 6) is -0.331. The average Bonchev–Trinajstić information content (AvgIpc) is 3.42. The minimum Gasteiger partial charge on any atom is -0.497 e. The molecule has 2 fully saturated rings. The highest BCUT2D eigenvalue weighted by molar-refractivity contribution is 5.99. The van der Waals surface area contributed by atoms with E-state index in [1.165, 1.54) is 0 Å². The predicted molar refractivity (Wildman–Crippen MR) is 112 cm³/mol. The maximum atomic E-state index is 13.3. The number of likely N-dealkylation sites (tertiary alicyclic amines) is 1. The van der Waals surface area contributed by atoms with Crippen molar-refractivity contribution >= 4 is 17.5 Å². The highest BCUT2D eigenvalue weighted by atomic mass is 16.5. The van der Waals surface area contributed by atoms with Gasteiger partial charge in [0.05, 0.1) is 38.7 Å². The van der Waals surface area contributed by atoms with Crippen LogP contribution in [0.4, 0.5) is 5.69 Å². The molecule has 0 aliphatic carbocycles. The molecule has 4 heterocycles. The number of ether oxygens (including phenoxy) is 3. The summed E-state index contributed by atoms with van der Waals surface area (Å²) >= 11 is 0. The van der Waals surface area contributed by atoms with Crippen LogP contribution in [0.5, 0.6) is 11.5 Å². The molecule has 2 aromatic rings. The van der Waals surface area contributed by atoms with Gasteiger partial charge in [0.1, 0.15) is 17.1 Å². The minimum absolute atomic E-state index is 0.0629. The van der Waals surface area contributed by atoms with Crippen molar-refractivity contribution in [3.63, 3.8) is 0 Å². The lowest BCUT2D eigenvalue weighted by Crippen LogP contribution is -2.41. The number of benzene rings is 1. The van der Waals surface area contributed by atoms with Crippen molar-refractivity contribution in [3.05, 3.63) is 60.4 Å². The number of methoxy groups -OCH3 is 2. The van der Waals surface area contributed by atoms with Gasteiger partial charge in [-0.2, -0.15) is 0 Å². The third kappa shape index (κ3) is 3.23. The first kappa shape index (κ1) is 19.6. The smallest absolute Gasteiger partial charge is 0.231 e. The predicted octanol–water partition coefficient (Wildman–Crippen LogP) is 2.02. The maximum absolute atomic E-state index is 13.3. The molecule has 31 heavy (non-hydrogen) atoms. The molecule has 1 N–H and O–H groups in total. The van der Waals surface area contributed by atoms with Gasteiger partial charge in [-0.3, -0.25) is 14.6 Å². The molecule has 8 nitrogen and oxygen atoms in total. The van der Waals surface area contributed by atoms with Crippen molar-refractivity contribution in [3.8, 4) is 11.5 Å². The van der Waals surface area contributed by atoms with E-state index >= 15 is 0 Å². The van der Waals surface area contributed by atoms with Gasteiger partial charge in [0.25, 0.3) is 0 Å². The van der Waals surface area contributed by atoms with Crippen molar-refractivity contribution in [2.75, 3.05) is 26.1 Å². The van der Waals surface area contributed by atoms with E-state index in [2.05, 4.69) is 10.3 Å². The molecule has 2 amide bonds. The van der Waals surface area contributed by atoms with Crippen LogP contribution < -0.4 is 14.8 Å². The highest BCUT2D eigenvalue weighted by Crippen LogP contribution is 2.52. The van der Waals surface area contributed by atoms with Crippen LogP contribution in [0.25, 0.3) is 0 Å². The van der Waals surface area contributed by atoms with Crippen molar-refractivity contribution in [2.24, 2.45) is 11.8 Å². The van der Waals surface area contributed by atoms with E-state index in [0.717, 1.165) is 5.56 Å². The van der Waals surface area contributed by atoms with Crippen LogP contribution in [0.2, 0.25) is 0 Å². The molecule has 3 aliphatic rings. The van der Waals surface area contributed by atoms with E-state index < -0.39 is 23.5 Å². The Morgan fingerprint density at radius 2 is 1.94 bits per heavy atom. The number of amides is 2. The number of hydrogen-bond donors (Lipinski definition) is 1. The summed E-state index contributed by atoms with van der Waals surface area (Å²) in [6.45, 7) is 0.894. The lowest BCUT2D eigenvalue weighted by molar-refractivity contribution is -0.136. The monoisotopic (exact) mass is 421 g/mol. The summed E-state index contributed by atoms with van der Waals surface area (Å²) in [7, 11) is 3.10. The second-order valence-corrected chi connectivity index (χ2v) is 8.04. The number of pyridine rings is 1. The minimum atomic E-state index is -0.747. The Kier molecular flexibility index (Phi) is 4.66. The third-order valence-electron chi connectivity index (χ3n) is 6.22. The molecule has 1 aromatic carbocycles. The number of nitrogens with one attached hydrogen (secondary N) is 1. The van der Waals surface area contributed by atoms with Crippen LogP contribution in [0.1, 0.15) is 5.56 Å². The van der Waals surface area contributed by atoms with E-state index in [9.17, 15) is 9.59 Å². The van der Waals surface area contributed by atoms with Crippen molar-refractivity contribution in [1.82, 2.24) is 9.88 Å². The van der Waals surface area contributed by atoms with Crippen LogP contribution >= 0.6 is 0 Å². The summed E-state index contributed by atoms with van der Waals surface area (Å²) in [4.78, 5) is 32.4. The van der Waals surface area contributed by atoms with Crippen LogP contribution in [0.3, 0.4) is 0 Å². The summed E-state index contributed by atoms with van der Waals surface area (Å²) in [6.07, 6.45) is 6.84. The first-order valence-corrected chi connectivity index (χ1v) is 10.1. The molecule has 2 bridgehead atoms. The van der Waals surface area contributed by atoms with Gasteiger partial charge in [-0.05, 0) is 17.7 Å². The largest absolute Gasteiger partial charge is 0.497 e. The number of nitrogens with zero attached hydrogens (tertiary/aromatic N) is 2. The Hall–Kier alpha value is -3.39. The quantitative estimate of drug-likeness (QED) is 0.718. The van der Waals surface area contributed by atoms with Crippen molar-refractivity contribution < 1.29 is 23.8 Å². The van der Waals surface area contributed by atoms with Gasteiger partial charge < -0.3 is 24.4 Å². The summed E-state index contributed by atoms with van der Waals surface area (Å²) in [5, 5.41) is 2.92. The number of rotatable bonds is 6. The van der Waals surface area contributed by atoms with Gasteiger partial charge >= 0.3 is 0 Å². The van der Waals surface area contributed by atoms with Gasteiger partial charge in [-0.15, -0.1) is 0 Å². The van der Waals surface area contributed by atoms with E-state index in [1.54, 1.807) is 49.7 Å². The molecule has 2 saturated heterocycles. The second-order valence-electron chi connectivity index (χ2n) is 8.04. The number of carbonyl (C=O) groups excluding carboxylic acids is 2.